The van der Waals surface area contributed by atoms with Crippen molar-refractivity contribution < 1.29 is 0 Å². The Bertz CT molecular complexity index is 749. The van der Waals surface area contributed by atoms with Crippen molar-refractivity contribution in [1.29, 1.82) is 0 Å². The molecule has 0 spiro atoms. The van der Waals surface area contributed by atoms with Crippen molar-refractivity contribution in [3.8, 4) is 0 Å². The first-order chi connectivity index (χ1) is 11.6. The first-order valence-electron chi connectivity index (χ1n) is 9.13. The van der Waals surface area contributed by atoms with Crippen LogP contribution in [-0.2, 0) is 23.8 Å². The molecule has 0 unspecified atom stereocenters. The summed E-state index contributed by atoms with van der Waals surface area (Å²) >= 11 is 0. The van der Waals surface area contributed by atoms with Gasteiger partial charge < -0.3 is 10.6 Å². The summed E-state index contributed by atoms with van der Waals surface area (Å²) in [5.74, 6) is 1.85. The van der Waals surface area contributed by atoms with Crippen molar-refractivity contribution in [3.63, 3.8) is 0 Å². The van der Waals surface area contributed by atoms with Gasteiger partial charge in [-0.1, -0.05) is 53.7 Å². The van der Waals surface area contributed by atoms with E-state index in [1.807, 2.05) is 0 Å². The Hall–Kier alpha value is -1.94. The van der Waals surface area contributed by atoms with Gasteiger partial charge in [-0.15, -0.1) is 0 Å². The summed E-state index contributed by atoms with van der Waals surface area (Å²) in [7, 11) is 0. The molecule has 0 atom stereocenters. The number of fused-ring (bicyclic) bond motifs is 1. The molecule has 1 aromatic carbocycles. The monoisotopic (exact) mass is 338 g/mol. The van der Waals surface area contributed by atoms with Crippen LogP contribution in [0.2, 0.25) is 0 Å². The van der Waals surface area contributed by atoms with E-state index in [1.54, 1.807) is 0 Å². The molecule has 0 bridgehead atoms. The van der Waals surface area contributed by atoms with Crippen molar-refractivity contribution in [2.75, 3.05) is 11.9 Å². The first kappa shape index (κ1) is 17.9. The Morgan fingerprint density at radius 2 is 1.60 bits per heavy atom. The number of hydrogen-bond donors (Lipinski definition) is 2. The number of anilines is 2. The highest BCUT2D eigenvalue weighted by atomic mass is 15.1. The zero-order valence-electron chi connectivity index (χ0n) is 16.3. The lowest BCUT2D eigenvalue weighted by Gasteiger charge is -2.25. The highest BCUT2D eigenvalue weighted by Gasteiger charge is 2.24. The van der Waals surface area contributed by atoms with Gasteiger partial charge in [-0.3, -0.25) is 0 Å². The zero-order chi connectivity index (χ0) is 18.2. The summed E-state index contributed by atoms with van der Waals surface area (Å²) in [5.41, 5.74) is 4.87. The minimum atomic E-state index is -0.0704. The van der Waals surface area contributed by atoms with Crippen LogP contribution in [0.5, 0.6) is 0 Å². The molecule has 0 saturated heterocycles. The van der Waals surface area contributed by atoms with Crippen molar-refractivity contribution >= 4 is 11.5 Å². The van der Waals surface area contributed by atoms with E-state index in [2.05, 4.69) is 76.4 Å². The molecular formula is C21H30N4. The van der Waals surface area contributed by atoms with Gasteiger partial charge in [0.2, 0.25) is 0 Å². The quantitative estimate of drug-likeness (QED) is 0.849. The highest BCUT2D eigenvalue weighted by Crippen LogP contribution is 2.29. The number of hydrogen-bond acceptors (Lipinski definition) is 4. The van der Waals surface area contributed by atoms with Gasteiger partial charge in [-0.2, -0.15) is 0 Å². The number of nitrogens with one attached hydrogen (secondary N) is 2. The number of nitrogens with zero attached hydrogens (tertiary/aromatic N) is 2. The van der Waals surface area contributed by atoms with Crippen LogP contribution in [-0.4, -0.2) is 16.5 Å². The van der Waals surface area contributed by atoms with Crippen molar-refractivity contribution in [2.24, 2.45) is 0 Å². The van der Waals surface area contributed by atoms with Gasteiger partial charge >= 0.3 is 0 Å². The third-order valence-electron chi connectivity index (χ3n) is 4.62. The van der Waals surface area contributed by atoms with E-state index in [0.29, 0.717) is 0 Å². The molecule has 1 aliphatic rings. The molecule has 0 radical (unpaired) electrons. The fourth-order valence-electron chi connectivity index (χ4n) is 2.99. The van der Waals surface area contributed by atoms with Gasteiger partial charge in [-0.25, -0.2) is 9.97 Å². The van der Waals surface area contributed by atoms with E-state index < -0.39 is 0 Å². The molecule has 2 aromatic rings. The molecular weight excluding hydrogens is 308 g/mol. The molecule has 0 saturated carbocycles. The average Bonchev–Trinajstić information content (AvgIpc) is 2.53. The van der Waals surface area contributed by atoms with Gasteiger partial charge in [-0.05, 0) is 36.1 Å². The molecule has 0 aliphatic carbocycles. The average molecular weight is 338 g/mol. The van der Waals surface area contributed by atoms with E-state index >= 15 is 0 Å². The Balaban J connectivity index is 1.96. The second kappa shape index (κ2) is 6.41. The summed E-state index contributed by atoms with van der Waals surface area (Å²) in [4.78, 5) is 9.69. The third kappa shape index (κ3) is 4.01. The second-order valence-corrected chi connectivity index (χ2v) is 8.95. The summed E-state index contributed by atoms with van der Waals surface area (Å²) in [5, 5.41) is 6.96. The van der Waals surface area contributed by atoms with Gasteiger partial charge in [0.25, 0.3) is 0 Å². The topological polar surface area (TPSA) is 49.8 Å². The molecule has 2 N–H and O–H groups in total. The molecule has 2 heterocycles. The summed E-state index contributed by atoms with van der Waals surface area (Å²) in [6, 6.07) is 8.68. The van der Waals surface area contributed by atoms with Crippen molar-refractivity contribution in [3.05, 3.63) is 46.9 Å². The predicted molar refractivity (Wildman–Crippen MR) is 105 cm³/mol. The minimum absolute atomic E-state index is 0.0704. The summed E-state index contributed by atoms with van der Waals surface area (Å²) in [6.07, 6.45) is 0.960. The molecule has 1 aliphatic heterocycles. The minimum Gasteiger partial charge on any atom is -0.340 e. The summed E-state index contributed by atoms with van der Waals surface area (Å²) < 4.78 is 0. The lowest BCUT2D eigenvalue weighted by atomic mass is 9.87. The standard InChI is InChI=1S/C21H30N4/c1-20(2,3)14-7-9-15(10-8-14)23-18-16-11-12-22-13-17(16)24-19(25-18)21(4,5)6/h7-10,22H,11-13H2,1-6H3,(H,23,24,25). The smallest absolute Gasteiger partial charge is 0.137 e. The molecule has 4 nitrogen and oxygen atoms in total. The van der Waals surface area contributed by atoms with E-state index in [1.165, 1.54) is 11.1 Å². The normalized spacial score (nSPS) is 15.0. The van der Waals surface area contributed by atoms with Crippen LogP contribution in [0.1, 0.15) is 64.2 Å². The van der Waals surface area contributed by atoms with Crippen LogP contribution in [0.15, 0.2) is 24.3 Å². The first-order valence-corrected chi connectivity index (χ1v) is 9.13. The molecule has 25 heavy (non-hydrogen) atoms. The third-order valence-corrected chi connectivity index (χ3v) is 4.62. The van der Waals surface area contributed by atoms with Crippen LogP contribution in [0.4, 0.5) is 11.5 Å². The number of benzene rings is 1. The van der Waals surface area contributed by atoms with E-state index in [0.717, 1.165) is 42.5 Å². The van der Waals surface area contributed by atoms with Crippen LogP contribution in [0, 0.1) is 0 Å². The van der Waals surface area contributed by atoms with Crippen LogP contribution in [0.25, 0.3) is 0 Å². The van der Waals surface area contributed by atoms with Crippen LogP contribution >= 0.6 is 0 Å². The SMILES string of the molecule is CC(C)(C)c1ccc(Nc2nc(C(C)(C)C)nc3c2CCNC3)cc1. The van der Waals surface area contributed by atoms with Gasteiger partial charge in [0.1, 0.15) is 11.6 Å². The molecule has 0 fully saturated rings. The van der Waals surface area contributed by atoms with Gasteiger partial charge in [0.15, 0.2) is 0 Å². The largest absolute Gasteiger partial charge is 0.340 e. The fourth-order valence-corrected chi connectivity index (χ4v) is 2.99. The lowest BCUT2D eigenvalue weighted by molar-refractivity contribution is 0.530. The van der Waals surface area contributed by atoms with Crippen LogP contribution in [0.3, 0.4) is 0 Å². The summed E-state index contributed by atoms with van der Waals surface area (Å²) in [6.45, 7) is 15.0. The molecule has 0 amide bonds. The molecule has 3 rings (SSSR count). The maximum Gasteiger partial charge on any atom is 0.137 e. The van der Waals surface area contributed by atoms with Gasteiger partial charge in [0.05, 0.1) is 5.69 Å². The van der Waals surface area contributed by atoms with E-state index in [-0.39, 0.29) is 10.8 Å². The molecule has 134 valence electrons. The number of rotatable bonds is 2. The molecule has 1 aromatic heterocycles. The van der Waals surface area contributed by atoms with Gasteiger partial charge in [0, 0.05) is 23.2 Å². The van der Waals surface area contributed by atoms with Crippen molar-refractivity contribution in [2.45, 2.75) is 65.3 Å². The fraction of sp³-hybridized carbons (Fsp3) is 0.524. The molecule has 4 heteroatoms. The maximum absolute atomic E-state index is 4.87. The van der Waals surface area contributed by atoms with Crippen molar-refractivity contribution in [1.82, 2.24) is 15.3 Å². The highest BCUT2D eigenvalue weighted by molar-refractivity contribution is 5.61. The predicted octanol–water partition coefficient (Wildman–Crippen LogP) is 4.46. The zero-order valence-corrected chi connectivity index (χ0v) is 16.3. The maximum atomic E-state index is 4.87. The second-order valence-electron chi connectivity index (χ2n) is 8.95. The lowest BCUT2D eigenvalue weighted by Crippen LogP contribution is -2.28. The van der Waals surface area contributed by atoms with E-state index in [4.69, 9.17) is 9.97 Å². The number of aromatic nitrogens is 2. The van der Waals surface area contributed by atoms with Crippen LogP contribution < -0.4 is 10.6 Å². The van der Waals surface area contributed by atoms with E-state index in [9.17, 15) is 0 Å². The Labute approximate surface area is 151 Å². The Morgan fingerprint density at radius 3 is 2.20 bits per heavy atom. The Kier molecular flexibility index (Phi) is 4.58. The Morgan fingerprint density at radius 1 is 0.920 bits per heavy atom.